The first-order valence-corrected chi connectivity index (χ1v) is 2.10. The first kappa shape index (κ1) is 7.52. The van der Waals surface area contributed by atoms with Crippen LogP contribution in [-0.2, 0) is 4.79 Å². The van der Waals surface area contributed by atoms with E-state index in [9.17, 15) is 4.79 Å². The van der Waals surface area contributed by atoms with Gasteiger partial charge in [0, 0.05) is 31.1 Å². The van der Waals surface area contributed by atoms with Crippen molar-refractivity contribution in [3.8, 4) is 0 Å². The fraction of sp³-hybridized carbons (Fsp3) is 0.750. The molecular formula is C4H6NOU-. The van der Waals surface area contributed by atoms with E-state index in [0.717, 1.165) is 13.0 Å². The van der Waals surface area contributed by atoms with E-state index in [1.807, 2.05) is 0 Å². The van der Waals surface area contributed by atoms with Crippen LogP contribution in [0.25, 0.3) is 5.32 Å². The van der Waals surface area contributed by atoms with E-state index in [1.165, 1.54) is 0 Å². The van der Waals surface area contributed by atoms with Gasteiger partial charge in [0.2, 0.25) is 0 Å². The molecule has 0 aromatic rings. The van der Waals surface area contributed by atoms with E-state index < -0.39 is 0 Å². The van der Waals surface area contributed by atoms with Crippen molar-refractivity contribution in [2.45, 2.75) is 12.8 Å². The number of hydrogen-bond acceptors (Lipinski definition) is 1. The number of hydrogen-bond donors (Lipinski definition) is 0. The minimum absolute atomic E-state index is 0. The molecule has 2 nitrogen and oxygen atoms in total. The van der Waals surface area contributed by atoms with E-state index in [1.54, 1.807) is 0 Å². The van der Waals surface area contributed by atoms with Gasteiger partial charge in [-0.25, -0.2) is 0 Å². The Hall–Kier alpha value is 0.522. The molecule has 7 heavy (non-hydrogen) atoms. The average Bonchev–Trinajstić information content (AvgIpc) is 1.86. The Morgan fingerprint density at radius 1 is 1.57 bits per heavy atom. The largest absolute Gasteiger partial charge is 0.653 e. The minimum atomic E-state index is 0. The van der Waals surface area contributed by atoms with E-state index in [0.29, 0.717) is 6.42 Å². The average molecular weight is 322 g/mol. The molecule has 0 radical (unpaired) electrons. The molecule has 0 aromatic heterocycles. The number of carbonyl (C=O) groups excluding carboxylic acids is 1. The summed E-state index contributed by atoms with van der Waals surface area (Å²) < 4.78 is 0. The van der Waals surface area contributed by atoms with Gasteiger partial charge in [0.1, 0.15) is 0 Å². The first-order chi connectivity index (χ1) is 2.89. The molecule has 0 saturated carbocycles. The van der Waals surface area contributed by atoms with Crippen molar-refractivity contribution in [1.82, 2.24) is 0 Å². The summed E-state index contributed by atoms with van der Waals surface area (Å²) in [6, 6.07) is 0. The van der Waals surface area contributed by atoms with Crippen LogP contribution in [0.5, 0.6) is 0 Å². The predicted octanol–water partition coefficient (Wildman–Crippen LogP) is 0.681. The third-order valence-corrected chi connectivity index (χ3v) is 0.837. The molecule has 0 aliphatic carbocycles. The van der Waals surface area contributed by atoms with Crippen molar-refractivity contribution in [2.24, 2.45) is 0 Å². The van der Waals surface area contributed by atoms with Crippen LogP contribution in [0.3, 0.4) is 0 Å². The van der Waals surface area contributed by atoms with Crippen molar-refractivity contribution in [3.63, 3.8) is 0 Å². The SMILES string of the molecule is O=C1CCC[N-]1.[U]. The smallest absolute Gasteiger partial charge is 0.0510 e. The molecular weight excluding hydrogens is 316 g/mol. The Balaban J connectivity index is 0.000000360. The third-order valence-electron chi connectivity index (χ3n) is 0.837. The van der Waals surface area contributed by atoms with Gasteiger partial charge in [-0.15, -0.1) is 6.54 Å². The molecule has 0 spiro atoms. The van der Waals surface area contributed by atoms with Gasteiger partial charge >= 0.3 is 0 Å². The topological polar surface area (TPSA) is 31.2 Å². The Bertz CT molecular complexity index is 66.1. The molecule has 1 heterocycles. The van der Waals surface area contributed by atoms with Crippen LogP contribution >= 0.6 is 0 Å². The summed E-state index contributed by atoms with van der Waals surface area (Å²) in [6.45, 7) is 0.763. The zero-order valence-corrected chi connectivity index (χ0v) is 8.14. The van der Waals surface area contributed by atoms with Gasteiger partial charge in [0.25, 0.3) is 0 Å². The second kappa shape index (κ2) is 3.51. The third kappa shape index (κ3) is 2.36. The number of carbonyl (C=O) groups is 1. The fourth-order valence-electron chi connectivity index (χ4n) is 0.513. The predicted molar refractivity (Wildman–Crippen MR) is 22.5 cm³/mol. The van der Waals surface area contributed by atoms with Crippen molar-refractivity contribution in [2.75, 3.05) is 6.54 Å². The number of rotatable bonds is 0. The van der Waals surface area contributed by atoms with Crippen molar-refractivity contribution < 1.29 is 35.9 Å². The van der Waals surface area contributed by atoms with E-state index >= 15 is 0 Å². The van der Waals surface area contributed by atoms with Gasteiger partial charge in [-0.05, 0) is 6.42 Å². The summed E-state index contributed by atoms with van der Waals surface area (Å²) in [7, 11) is 0. The Morgan fingerprint density at radius 3 is 2.43 bits per heavy atom. The summed E-state index contributed by atoms with van der Waals surface area (Å²) in [5.41, 5.74) is 0. The summed E-state index contributed by atoms with van der Waals surface area (Å²) in [5, 5.41) is 3.60. The van der Waals surface area contributed by atoms with Crippen LogP contribution in [0.4, 0.5) is 0 Å². The van der Waals surface area contributed by atoms with Crippen LogP contribution in [0.1, 0.15) is 12.8 Å². The Labute approximate surface area is 66.4 Å². The Morgan fingerprint density at radius 2 is 2.29 bits per heavy atom. The summed E-state index contributed by atoms with van der Waals surface area (Å²) in [6.07, 6.45) is 1.65. The minimum Gasteiger partial charge on any atom is -0.653 e. The maximum absolute atomic E-state index is 10.1. The molecule has 1 rings (SSSR count). The molecule has 1 fully saturated rings. The summed E-state index contributed by atoms with van der Waals surface area (Å²) >= 11 is 0. The maximum atomic E-state index is 10.1. The second-order valence-electron chi connectivity index (χ2n) is 1.38. The van der Waals surface area contributed by atoms with Crippen LogP contribution in [0, 0.1) is 31.1 Å². The quantitative estimate of drug-likeness (QED) is 0.645. The van der Waals surface area contributed by atoms with Crippen molar-refractivity contribution in [3.05, 3.63) is 5.32 Å². The first-order valence-electron chi connectivity index (χ1n) is 2.10. The van der Waals surface area contributed by atoms with Gasteiger partial charge in [-0.2, -0.15) is 0 Å². The molecule has 1 amide bonds. The summed E-state index contributed by atoms with van der Waals surface area (Å²) in [4.78, 5) is 10.1. The zero-order valence-electron chi connectivity index (χ0n) is 3.98. The fourth-order valence-corrected chi connectivity index (χ4v) is 0.513. The van der Waals surface area contributed by atoms with Crippen LogP contribution in [-0.4, -0.2) is 12.5 Å². The molecule has 1 aliphatic rings. The van der Waals surface area contributed by atoms with E-state index in [-0.39, 0.29) is 37.0 Å². The van der Waals surface area contributed by atoms with E-state index in [2.05, 4.69) is 5.32 Å². The normalized spacial score (nSPS) is 18.0. The van der Waals surface area contributed by atoms with Gasteiger partial charge in [0.05, 0.1) is 5.91 Å². The number of amides is 1. The summed E-state index contributed by atoms with van der Waals surface area (Å²) in [5.74, 6) is 0.0787. The monoisotopic (exact) mass is 322 g/mol. The molecule has 0 unspecified atom stereocenters. The van der Waals surface area contributed by atoms with Gasteiger partial charge in [-0.3, -0.25) is 0 Å². The molecule has 0 N–H and O–H groups in total. The Kier molecular flexibility index (Phi) is 3.78. The van der Waals surface area contributed by atoms with Crippen molar-refractivity contribution in [1.29, 1.82) is 0 Å². The molecule has 0 bridgehead atoms. The molecule has 0 atom stereocenters. The van der Waals surface area contributed by atoms with Gasteiger partial charge in [0.15, 0.2) is 0 Å². The van der Waals surface area contributed by atoms with Gasteiger partial charge in [-0.1, -0.05) is 6.42 Å². The molecule has 1 saturated heterocycles. The van der Waals surface area contributed by atoms with Crippen molar-refractivity contribution >= 4 is 5.91 Å². The molecule has 1 aliphatic heterocycles. The second-order valence-corrected chi connectivity index (χ2v) is 1.38. The zero-order chi connectivity index (χ0) is 4.41. The number of nitrogens with zero attached hydrogens (tertiary/aromatic N) is 1. The molecule has 3 heteroatoms. The van der Waals surface area contributed by atoms with Crippen LogP contribution < -0.4 is 0 Å². The maximum Gasteiger partial charge on any atom is 0.0510 e. The van der Waals surface area contributed by atoms with Crippen LogP contribution in [0.15, 0.2) is 0 Å². The standard InChI is InChI=1S/C4H7NO.U/c6-4-2-1-3-5-4;/h1-3H2,(H,5,6);/p-1. The molecule has 38 valence electrons. The van der Waals surface area contributed by atoms with Crippen LogP contribution in [0.2, 0.25) is 0 Å². The van der Waals surface area contributed by atoms with E-state index in [4.69, 9.17) is 0 Å². The molecule has 0 aromatic carbocycles. The van der Waals surface area contributed by atoms with Gasteiger partial charge < -0.3 is 10.1 Å².